The average Bonchev–Trinajstić information content (AvgIpc) is 2.29. The maximum Gasteiger partial charge on any atom is 0.277 e. The van der Waals surface area contributed by atoms with Crippen molar-refractivity contribution in [3.05, 3.63) is 29.8 Å². The van der Waals surface area contributed by atoms with E-state index >= 15 is 0 Å². The van der Waals surface area contributed by atoms with Gasteiger partial charge in [-0.15, -0.1) is 0 Å². The number of hydrogen-bond donors (Lipinski definition) is 0. The zero-order valence-corrected chi connectivity index (χ0v) is 8.15. The number of nitrogens with zero attached hydrogens (tertiary/aromatic N) is 2. The molecule has 0 radical (unpaired) electrons. The van der Waals surface area contributed by atoms with Gasteiger partial charge in [-0.05, 0) is 18.9 Å². The van der Waals surface area contributed by atoms with Crippen LogP contribution in [0.25, 0.3) is 0 Å². The van der Waals surface area contributed by atoms with Crippen LogP contribution >= 0.6 is 0 Å². The van der Waals surface area contributed by atoms with Crippen molar-refractivity contribution < 1.29 is 14.0 Å². The molecule has 5 heteroatoms. The monoisotopic (exact) mass is 210 g/mol. The molecular formula is C10H11FN2O2. The first-order valence-corrected chi connectivity index (χ1v) is 4.84. The van der Waals surface area contributed by atoms with Gasteiger partial charge in [-0.3, -0.25) is 9.63 Å². The number of carbonyl (C=O) groups excluding carboxylic acids is 1. The van der Waals surface area contributed by atoms with Crippen LogP contribution in [0.3, 0.4) is 0 Å². The Morgan fingerprint density at radius 3 is 3.07 bits per heavy atom. The highest BCUT2D eigenvalue weighted by atomic mass is 19.1. The second kappa shape index (κ2) is 4.35. The van der Waals surface area contributed by atoms with Crippen LogP contribution in [0.5, 0.6) is 0 Å². The van der Waals surface area contributed by atoms with Crippen LogP contribution in [-0.4, -0.2) is 29.1 Å². The van der Waals surface area contributed by atoms with E-state index in [0.717, 1.165) is 18.9 Å². The van der Waals surface area contributed by atoms with Gasteiger partial charge in [-0.25, -0.2) is 10.0 Å². The average molecular weight is 210 g/mol. The van der Waals surface area contributed by atoms with Crippen LogP contribution in [0.4, 0.5) is 4.39 Å². The Hall–Kier alpha value is -1.49. The quantitative estimate of drug-likeness (QED) is 0.658. The van der Waals surface area contributed by atoms with Crippen LogP contribution in [0.2, 0.25) is 0 Å². The summed E-state index contributed by atoms with van der Waals surface area (Å²) in [4.78, 5) is 20.3. The second-order valence-corrected chi connectivity index (χ2v) is 3.31. The largest absolute Gasteiger partial charge is 0.277 e. The lowest BCUT2D eigenvalue weighted by Crippen LogP contribution is -2.35. The van der Waals surface area contributed by atoms with Crippen molar-refractivity contribution in [1.29, 1.82) is 0 Å². The lowest BCUT2D eigenvalue weighted by atomic mass is 10.2. The molecule has 1 saturated heterocycles. The third kappa shape index (κ3) is 2.30. The van der Waals surface area contributed by atoms with Crippen molar-refractivity contribution in [2.45, 2.75) is 12.8 Å². The molecule has 1 aromatic heterocycles. The molecule has 0 spiro atoms. The molecule has 80 valence electrons. The number of hydroxylamine groups is 2. The van der Waals surface area contributed by atoms with E-state index in [1.165, 1.54) is 17.3 Å². The molecule has 2 heterocycles. The normalized spacial score (nSPS) is 16.5. The molecule has 0 aromatic carbocycles. The van der Waals surface area contributed by atoms with E-state index in [1.807, 2.05) is 0 Å². The summed E-state index contributed by atoms with van der Waals surface area (Å²) in [5.41, 5.74) is 0.268. The van der Waals surface area contributed by atoms with E-state index in [2.05, 4.69) is 4.98 Å². The van der Waals surface area contributed by atoms with E-state index in [1.54, 1.807) is 0 Å². The van der Waals surface area contributed by atoms with Gasteiger partial charge in [0, 0.05) is 24.4 Å². The smallest absolute Gasteiger partial charge is 0.271 e. The van der Waals surface area contributed by atoms with Crippen LogP contribution in [0.15, 0.2) is 18.3 Å². The molecule has 2 rings (SSSR count). The fourth-order valence-electron chi connectivity index (χ4n) is 1.44. The van der Waals surface area contributed by atoms with Gasteiger partial charge in [0.15, 0.2) is 0 Å². The number of hydrogen-bond acceptors (Lipinski definition) is 3. The number of halogens is 1. The van der Waals surface area contributed by atoms with Gasteiger partial charge in [0.2, 0.25) is 5.95 Å². The molecule has 15 heavy (non-hydrogen) atoms. The summed E-state index contributed by atoms with van der Waals surface area (Å²) in [5.74, 6) is -0.964. The summed E-state index contributed by atoms with van der Waals surface area (Å²) < 4.78 is 12.8. The second-order valence-electron chi connectivity index (χ2n) is 3.31. The maximum absolute atomic E-state index is 12.8. The Balaban J connectivity index is 2.12. The molecular weight excluding hydrogens is 199 g/mol. The predicted molar refractivity (Wildman–Crippen MR) is 50.4 cm³/mol. The molecule has 4 nitrogen and oxygen atoms in total. The van der Waals surface area contributed by atoms with Crippen molar-refractivity contribution in [3.8, 4) is 0 Å². The number of aromatic nitrogens is 1. The molecule has 1 aliphatic heterocycles. The van der Waals surface area contributed by atoms with Crippen molar-refractivity contribution in [1.82, 2.24) is 10.0 Å². The number of rotatable bonds is 1. The third-order valence-corrected chi connectivity index (χ3v) is 2.20. The summed E-state index contributed by atoms with van der Waals surface area (Å²) in [6.45, 7) is 1.10. The van der Waals surface area contributed by atoms with Crippen LogP contribution < -0.4 is 0 Å². The summed E-state index contributed by atoms with van der Waals surface area (Å²) in [5, 5.41) is 1.28. The minimum atomic E-state index is -0.655. The highest BCUT2D eigenvalue weighted by Crippen LogP contribution is 2.11. The first kappa shape index (κ1) is 10.0. The topological polar surface area (TPSA) is 42.4 Å². The standard InChI is InChI=1S/C10H11FN2O2/c11-9-7-8(3-4-12-9)10(14)13-5-1-2-6-15-13/h3-4,7H,1-2,5-6H2. The number of amides is 1. The Labute approximate surface area is 86.6 Å². The van der Waals surface area contributed by atoms with E-state index in [9.17, 15) is 9.18 Å². The van der Waals surface area contributed by atoms with E-state index in [0.29, 0.717) is 13.2 Å². The van der Waals surface area contributed by atoms with Crippen LogP contribution in [-0.2, 0) is 4.84 Å². The van der Waals surface area contributed by atoms with E-state index in [-0.39, 0.29) is 11.5 Å². The van der Waals surface area contributed by atoms with Gasteiger partial charge in [0.05, 0.1) is 6.61 Å². The minimum absolute atomic E-state index is 0.268. The molecule has 1 amide bonds. The summed E-state index contributed by atoms with van der Waals surface area (Å²) in [6.07, 6.45) is 3.14. The van der Waals surface area contributed by atoms with Crippen molar-refractivity contribution in [2.75, 3.05) is 13.2 Å². The van der Waals surface area contributed by atoms with Gasteiger partial charge in [-0.1, -0.05) is 0 Å². The molecule has 1 aliphatic rings. The summed E-state index contributed by atoms with van der Waals surface area (Å²) in [6, 6.07) is 2.59. The molecule has 0 atom stereocenters. The zero-order chi connectivity index (χ0) is 10.7. The zero-order valence-electron chi connectivity index (χ0n) is 8.15. The molecule has 0 bridgehead atoms. The first-order valence-electron chi connectivity index (χ1n) is 4.84. The summed E-state index contributed by atoms with van der Waals surface area (Å²) in [7, 11) is 0. The third-order valence-electron chi connectivity index (χ3n) is 2.20. The number of pyridine rings is 1. The van der Waals surface area contributed by atoms with Gasteiger partial charge in [-0.2, -0.15) is 4.39 Å². The highest BCUT2D eigenvalue weighted by Gasteiger charge is 2.19. The Morgan fingerprint density at radius 2 is 2.40 bits per heavy atom. The maximum atomic E-state index is 12.8. The minimum Gasteiger partial charge on any atom is -0.271 e. The SMILES string of the molecule is O=C(c1ccnc(F)c1)N1CCCCO1. The fourth-order valence-corrected chi connectivity index (χ4v) is 1.44. The first-order chi connectivity index (χ1) is 7.27. The fraction of sp³-hybridized carbons (Fsp3) is 0.400. The van der Waals surface area contributed by atoms with Crippen molar-refractivity contribution >= 4 is 5.91 Å². The molecule has 0 unspecified atom stereocenters. The molecule has 0 saturated carbocycles. The van der Waals surface area contributed by atoms with Crippen molar-refractivity contribution in [3.63, 3.8) is 0 Å². The van der Waals surface area contributed by atoms with Gasteiger partial charge < -0.3 is 0 Å². The van der Waals surface area contributed by atoms with Gasteiger partial charge in [0.1, 0.15) is 0 Å². The Morgan fingerprint density at radius 1 is 1.53 bits per heavy atom. The van der Waals surface area contributed by atoms with Crippen molar-refractivity contribution in [2.24, 2.45) is 0 Å². The molecule has 1 fully saturated rings. The predicted octanol–water partition coefficient (Wildman–Crippen LogP) is 1.39. The molecule has 0 N–H and O–H groups in total. The molecule has 0 aliphatic carbocycles. The highest BCUT2D eigenvalue weighted by molar-refractivity contribution is 5.93. The van der Waals surface area contributed by atoms with E-state index in [4.69, 9.17) is 4.84 Å². The lowest BCUT2D eigenvalue weighted by molar-refractivity contribution is -0.144. The van der Waals surface area contributed by atoms with Crippen LogP contribution in [0.1, 0.15) is 23.2 Å². The van der Waals surface area contributed by atoms with Crippen LogP contribution in [0, 0.1) is 5.95 Å². The Kier molecular flexibility index (Phi) is 2.91. The molecule has 1 aromatic rings. The Bertz CT molecular complexity index is 364. The number of carbonyl (C=O) groups is 1. The summed E-state index contributed by atoms with van der Waals surface area (Å²) >= 11 is 0. The van der Waals surface area contributed by atoms with Gasteiger partial charge in [0.25, 0.3) is 5.91 Å². The lowest BCUT2D eigenvalue weighted by Gasteiger charge is -2.25. The van der Waals surface area contributed by atoms with Gasteiger partial charge >= 0.3 is 0 Å². The van der Waals surface area contributed by atoms with E-state index < -0.39 is 5.95 Å².